The monoisotopic (exact) mass is 471 g/mol. The lowest BCUT2D eigenvalue weighted by Crippen LogP contribution is -2.51. The van der Waals surface area contributed by atoms with Crippen LogP contribution in [0.3, 0.4) is 0 Å². The van der Waals surface area contributed by atoms with E-state index in [1.807, 2.05) is 0 Å². The maximum Gasteiger partial charge on any atom is 0.269 e. The van der Waals surface area contributed by atoms with Crippen molar-refractivity contribution in [3.8, 4) is 0 Å². The third-order valence-electron chi connectivity index (χ3n) is 9.87. The van der Waals surface area contributed by atoms with Crippen LogP contribution >= 0.6 is 0 Å². The first-order chi connectivity index (χ1) is 16.3. The summed E-state index contributed by atoms with van der Waals surface area (Å²) in [4.78, 5) is 33.9. The Morgan fingerprint density at radius 1 is 0.486 bits per heavy atom. The Morgan fingerprint density at radius 3 is 0.971 bits per heavy atom. The molecule has 35 heavy (non-hydrogen) atoms. The smallest absolute Gasteiger partial charge is 0.258 e. The second-order valence-corrected chi connectivity index (χ2v) is 10.5. The number of nitro benzene ring substituents is 3. The van der Waals surface area contributed by atoms with Crippen molar-refractivity contribution in [2.45, 2.75) is 43.9 Å². The number of rotatable bonds is 3. The van der Waals surface area contributed by atoms with Crippen LogP contribution in [0.2, 0.25) is 0 Å². The van der Waals surface area contributed by atoms with Crippen LogP contribution in [0.15, 0.2) is 54.6 Å². The molecule has 3 aliphatic rings. The van der Waals surface area contributed by atoms with Gasteiger partial charge < -0.3 is 0 Å². The number of benzene rings is 3. The van der Waals surface area contributed by atoms with Crippen molar-refractivity contribution in [3.05, 3.63) is 118 Å². The van der Waals surface area contributed by atoms with Crippen LogP contribution in [0, 0.1) is 35.8 Å². The molecule has 0 aromatic heterocycles. The molecule has 0 radical (unpaired) electrons. The SMILES string of the molecule is CC12c3ccc([N+](=O)[O-])cc3C3(C)c4ccc([N+](=O)[O-])cc4C(C)(c4ccc([N+](=O)[O-])cc41)C23C. The number of nitro groups is 3. The summed E-state index contributed by atoms with van der Waals surface area (Å²) in [6, 6.07) is 14.6. The van der Waals surface area contributed by atoms with E-state index in [-0.39, 0.29) is 17.1 Å². The van der Waals surface area contributed by atoms with Gasteiger partial charge in [-0.15, -0.1) is 0 Å². The van der Waals surface area contributed by atoms with Gasteiger partial charge in [0, 0.05) is 58.1 Å². The van der Waals surface area contributed by atoms with Gasteiger partial charge in [-0.1, -0.05) is 45.9 Å². The highest BCUT2D eigenvalue weighted by molar-refractivity contribution is 5.78. The minimum absolute atomic E-state index is 0.0338. The van der Waals surface area contributed by atoms with Gasteiger partial charge in [0.1, 0.15) is 0 Å². The molecule has 0 saturated carbocycles. The Hall–Kier alpha value is -4.14. The Kier molecular flexibility index (Phi) is 3.61. The summed E-state index contributed by atoms with van der Waals surface area (Å²) in [6.07, 6.45) is 0. The molecule has 0 saturated heterocycles. The largest absolute Gasteiger partial charge is 0.269 e. The lowest BCUT2D eigenvalue weighted by Gasteiger charge is -2.49. The standard InChI is InChI=1S/C26H21N3O6/c1-23-17-8-5-15(28(32)33)12-21(17)25(3)19-10-7-16(29(34)35)13-22(19)24(2,26(23,25)4)18-9-6-14(27(30)31)11-20(18)23/h5-13H,1-4H3. The Morgan fingerprint density at radius 2 is 0.743 bits per heavy atom. The van der Waals surface area contributed by atoms with Crippen LogP contribution in [0.1, 0.15) is 61.1 Å². The van der Waals surface area contributed by atoms with E-state index in [1.165, 1.54) is 18.2 Å². The summed E-state index contributed by atoms with van der Waals surface area (Å²) < 4.78 is 0. The van der Waals surface area contributed by atoms with Crippen LogP contribution in [-0.4, -0.2) is 14.8 Å². The average molecular weight is 471 g/mol. The molecular weight excluding hydrogens is 450 g/mol. The lowest BCUT2D eigenvalue weighted by atomic mass is 9.52. The molecule has 0 fully saturated rings. The Bertz CT molecular complexity index is 1380. The van der Waals surface area contributed by atoms with Gasteiger partial charge in [0.15, 0.2) is 0 Å². The summed E-state index contributed by atoms with van der Waals surface area (Å²) in [6.45, 7) is 8.28. The predicted molar refractivity (Wildman–Crippen MR) is 127 cm³/mol. The van der Waals surface area contributed by atoms with E-state index in [0.717, 1.165) is 33.4 Å². The fourth-order valence-electron chi connectivity index (χ4n) is 8.04. The van der Waals surface area contributed by atoms with Crippen LogP contribution in [0.4, 0.5) is 17.1 Å². The van der Waals surface area contributed by atoms with E-state index >= 15 is 0 Å². The van der Waals surface area contributed by atoms with Gasteiger partial charge in [-0.2, -0.15) is 0 Å². The lowest BCUT2D eigenvalue weighted by molar-refractivity contribution is -0.385. The van der Waals surface area contributed by atoms with E-state index < -0.39 is 36.4 Å². The van der Waals surface area contributed by atoms with Crippen LogP contribution in [0.25, 0.3) is 0 Å². The Labute approximate surface area is 199 Å². The van der Waals surface area contributed by atoms with E-state index in [0.29, 0.717) is 0 Å². The highest BCUT2D eigenvalue weighted by atomic mass is 16.6. The second-order valence-electron chi connectivity index (χ2n) is 10.5. The molecule has 3 aromatic carbocycles. The first-order valence-electron chi connectivity index (χ1n) is 11.2. The molecule has 0 aliphatic heterocycles. The molecule has 0 N–H and O–H groups in total. The maximum absolute atomic E-state index is 11.7. The third-order valence-corrected chi connectivity index (χ3v) is 9.87. The summed E-state index contributed by atoms with van der Waals surface area (Å²) >= 11 is 0. The molecule has 0 heterocycles. The fraction of sp³-hybridized carbons (Fsp3) is 0.308. The van der Waals surface area contributed by atoms with Gasteiger partial charge in [-0.05, 0) is 33.4 Å². The number of non-ortho nitro benzene ring substituents is 3. The van der Waals surface area contributed by atoms with Gasteiger partial charge in [-0.25, -0.2) is 0 Å². The number of hydrogen-bond donors (Lipinski definition) is 0. The number of fused-ring (bicyclic) bond motifs is 9. The molecule has 3 atom stereocenters. The predicted octanol–water partition coefficient (Wildman–Crippen LogP) is 5.68. The van der Waals surface area contributed by atoms with Crippen LogP contribution in [0.5, 0.6) is 0 Å². The van der Waals surface area contributed by atoms with Crippen molar-refractivity contribution in [1.29, 1.82) is 0 Å². The van der Waals surface area contributed by atoms with Gasteiger partial charge >= 0.3 is 0 Å². The van der Waals surface area contributed by atoms with E-state index in [1.54, 1.807) is 36.4 Å². The average Bonchev–Trinajstić information content (AvgIpc) is 3.18. The Balaban J connectivity index is 1.84. The van der Waals surface area contributed by atoms with E-state index in [2.05, 4.69) is 27.7 Å². The number of hydrogen-bond acceptors (Lipinski definition) is 6. The first-order valence-corrected chi connectivity index (χ1v) is 11.2. The van der Waals surface area contributed by atoms with Crippen LogP contribution in [-0.2, 0) is 16.2 Å². The third kappa shape index (κ3) is 1.92. The molecule has 3 unspecified atom stereocenters. The van der Waals surface area contributed by atoms with Crippen molar-refractivity contribution < 1.29 is 14.8 Å². The maximum atomic E-state index is 11.7. The zero-order valence-corrected chi connectivity index (χ0v) is 19.5. The number of nitrogens with zero attached hydrogens (tertiary/aromatic N) is 3. The van der Waals surface area contributed by atoms with Crippen molar-refractivity contribution in [2.75, 3.05) is 0 Å². The zero-order valence-electron chi connectivity index (χ0n) is 19.5. The molecule has 176 valence electrons. The first kappa shape index (κ1) is 21.4. The van der Waals surface area contributed by atoms with E-state index in [9.17, 15) is 30.3 Å². The molecule has 6 rings (SSSR count). The minimum Gasteiger partial charge on any atom is -0.258 e. The van der Waals surface area contributed by atoms with Crippen LogP contribution < -0.4 is 0 Å². The van der Waals surface area contributed by atoms with Crippen molar-refractivity contribution >= 4 is 17.1 Å². The zero-order chi connectivity index (χ0) is 25.3. The highest BCUT2D eigenvalue weighted by Gasteiger charge is 2.80. The topological polar surface area (TPSA) is 129 Å². The summed E-state index contributed by atoms with van der Waals surface area (Å²) in [5.74, 6) is 0. The molecule has 9 heteroatoms. The van der Waals surface area contributed by atoms with Crippen molar-refractivity contribution in [2.24, 2.45) is 5.41 Å². The molecule has 0 bridgehead atoms. The van der Waals surface area contributed by atoms with Gasteiger partial charge in [0.05, 0.1) is 14.8 Å². The summed E-state index contributed by atoms with van der Waals surface area (Å²) in [7, 11) is 0. The quantitative estimate of drug-likeness (QED) is 0.357. The van der Waals surface area contributed by atoms with E-state index in [4.69, 9.17) is 0 Å². The molecule has 9 nitrogen and oxygen atoms in total. The summed E-state index contributed by atoms with van der Waals surface area (Å²) in [5.41, 5.74) is 2.05. The second kappa shape index (κ2) is 5.91. The summed E-state index contributed by atoms with van der Waals surface area (Å²) in [5, 5.41) is 35.2. The van der Waals surface area contributed by atoms with Gasteiger partial charge in [0.2, 0.25) is 0 Å². The minimum atomic E-state index is -0.740. The highest BCUT2D eigenvalue weighted by Crippen LogP contribution is 2.82. The van der Waals surface area contributed by atoms with Gasteiger partial charge in [-0.3, -0.25) is 30.3 Å². The molecule has 3 aromatic rings. The molecular formula is C26H21N3O6. The fourth-order valence-corrected chi connectivity index (χ4v) is 8.04. The normalized spacial score (nSPS) is 30.9. The molecule has 0 amide bonds. The van der Waals surface area contributed by atoms with Gasteiger partial charge in [0.25, 0.3) is 17.1 Å². The van der Waals surface area contributed by atoms with Crippen molar-refractivity contribution in [3.63, 3.8) is 0 Å². The van der Waals surface area contributed by atoms with Crippen molar-refractivity contribution in [1.82, 2.24) is 0 Å². The molecule has 0 spiro atoms. The molecule has 3 aliphatic carbocycles.